The summed E-state index contributed by atoms with van der Waals surface area (Å²) >= 11 is 1.63. The fraction of sp³-hybridized carbons (Fsp3) is 0.393. The molecule has 2 atom stereocenters. The number of benzene rings is 2. The fourth-order valence-electron chi connectivity index (χ4n) is 5.25. The van der Waals surface area contributed by atoms with Gasteiger partial charge in [-0.1, -0.05) is 12.1 Å². The summed E-state index contributed by atoms with van der Waals surface area (Å²) in [5.41, 5.74) is 3.37. The molecule has 3 heterocycles. The Bertz CT molecular complexity index is 1350. The van der Waals surface area contributed by atoms with Gasteiger partial charge in [0.05, 0.1) is 11.4 Å². The number of hydrogen-bond acceptors (Lipinski definition) is 5. The van der Waals surface area contributed by atoms with Crippen molar-refractivity contribution in [2.24, 2.45) is 0 Å². The predicted molar refractivity (Wildman–Crippen MR) is 143 cm³/mol. The smallest absolute Gasteiger partial charge is 0.295 e. The largest absolute Gasteiger partial charge is 0.358 e. The van der Waals surface area contributed by atoms with E-state index in [1.54, 1.807) is 47.0 Å². The number of amides is 2. The molecule has 2 aliphatic rings. The Labute approximate surface area is 220 Å². The van der Waals surface area contributed by atoms with E-state index in [1.165, 1.54) is 12.1 Å². The molecule has 5 rings (SSSR count). The molecule has 1 aromatic heterocycles. The van der Waals surface area contributed by atoms with Crippen LogP contribution in [0.4, 0.5) is 4.39 Å². The number of carbonyl (C=O) groups excluding carboxylic acids is 3. The van der Waals surface area contributed by atoms with Gasteiger partial charge in [0.15, 0.2) is 0 Å². The first-order chi connectivity index (χ1) is 17.7. The highest BCUT2D eigenvalue weighted by molar-refractivity contribution is 7.99. The van der Waals surface area contributed by atoms with Crippen LogP contribution in [0.25, 0.3) is 10.9 Å². The molecule has 2 amide bonds. The molecule has 0 bridgehead atoms. The Kier molecular flexibility index (Phi) is 7.09. The van der Waals surface area contributed by atoms with Gasteiger partial charge in [0.25, 0.3) is 11.8 Å². The van der Waals surface area contributed by atoms with Crippen LogP contribution >= 0.6 is 11.8 Å². The number of Topliss-reactive ketones (excluding diaryl/α,β-unsaturated/α-hetero) is 1. The van der Waals surface area contributed by atoms with Crippen molar-refractivity contribution in [2.75, 3.05) is 31.3 Å². The van der Waals surface area contributed by atoms with Crippen LogP contribution in [0.3, 0.4) is 0 Å². The first-order valence-electron chi connectivity index (χ1n) is 12.6. The lowest BCUT2D eigenvalue weighted by molar-refractivity contribution is -0.125. The maximum absolute atomic E-state index is 13.9. The average Bonchev–Trinajstić information content (AvgIpc) is 3.53. The highest BCUT2D eigenvalue weighted by Crippen LogP contribution is 2.28. The molecule has 0 radical (unpaired) electrons. The van der Waals surface area contributed by atoms with Gasteiger partial charge in [-0.05, 0) is 56.7 Å². The third kappa shape index (κ3) is 5.02. The lowest BCUT2D eigenvalue weighted by Crippen LogP contribution is -2.57. The first-order valence-corrected chi connectivity index (χ1v) is 13.7. The van der Waals surface area contributed by atoms with E-state index in [-0.39, 0.29) is 23.8 Å². The molecular weight excluding hydrogens is 491 g/mol. The Balaban J connectivity index is 1.37. The summed E-state index contributed by atoms with van der Waals surface area (Å²) in [5.74, 6) is -0.0116. The van der Waals surface area contributed by atoms with Gasteiger partial charge in [0, 0.05) is 66.2 Å². The number of halogens is 1. The molecule has 3 aromatic rings. The lowest BCUT2D eigenvalue weighted by atomic mass is 10.0. The number of ketones is 1. The summed E-state index contributed by atoms with van der Waals surface area (Å²) < 4.78 is 13.3. The second-order valence-corrected chi connectivity index (χ2v) is 11.1. The molecule has 194 valence electrons. The molecule has 2 fully saturated rings. The van der Waals surface area contributed by atoms with Crippen molar-refractivity contribution in [3.63, 3.8) is 0 Å². The van der Waals surface area contributed by atoms with Gasteiger partial charge in [-0.15, -0.1) is 11.8 Å². The van der Waals surface area contributed by atoms with Crippen LogP contribution in [0.15, 0.2) is 42.5 Å². The number of nitrogens with zero attached hydrogens (tertiary/aromatic N) is 3. The standard InChI is InChI=1S/C28H31FN4O3S/c1-17-14-33(18(2)13-32(17)15-20-4-7-22(29)8-5-20)27(35)25-19(3)30-24-9-6-21(12-23(24)25)26(34)28(36)31-10-11-37-16-31/h4-9,12,17-18,30H,10-11,13-16H2,1-3H3/t17-,18+/m0/s1. The summed E-state index contributed by atoms with van der Waals surface area (Å²) in [6, 6.07) is 11.7. The Hall–Kier alpha value is -3.17. The number of aromatic nitrogens is 1. The van der Waals surface area contributed by atoms with Gasteiger partial charge in [-0.25, -0.2) is 4.39 Å². The van der Waals surface area contributed by atoms with Gasteiger partial charge in [0.1, 0.15) is 5.82 Å². The van der Waals surface area contributed by atoms with Crippen LogP contribution in [-0.4, -0.2) is 80.6 Å². The molecule has 0 spiro atoms. The van der Waals surface area contributed by atoms with Crippen LogP contribution in [0, 0.1) is 12.7 Å². The van der Waals surface area contributed by atoms with Crippen molar-refractivity contribution in [1.29, 1.82) is 0 Å². The van der Waals surface area contributed by atoms with Crippen LogP contribution in [0.2, 0.25) is 0 Å². The molecular formula is C28H31FN4O3S. The minimum Gasteiger partial charge on any atom is -0.358 e. The molecule has 0 aliphatic carbocycles. The topological polar surface area (TPSA) is 76.7 Å². The van der Waals surface area contributed by atoms with E-state index in [4.69, 9.17) is 0 Å². The summed E-state index contributed by atoms with van der Waals surface area (Å²) in [6.45, 7) is 8.50. The third-order valence-electron chi connectivity index (χ3n) is 7.37. The van der Waals surface area contributed by atoms with Gasteiger partial charge in [-0.3, -0.25) is 19.3 Å². The highest BCUT2D eigenvalue weighted by atomic mass is 32.2. The SMILES string of the molecule is Cc1[nH]c2ccc(C(=O)C(=O)N3CCSC3)cc2c1C(=O)N1C[C@H](C)N(Cc2ccc(F)cc2)C[C@H]1C. The molecule has 7 nitrogen and oxygen atoms in total. The minimum absolute atomic E-state index is 0.0347. The quantitative estimate of drug-likeness (QED) is 0.404. The van der Waals surface area contributed by atoms with Crippen LogP contribution < -0.4 is 0 Å². The highest BCUT2D eigenvalue weighted by Gasteiger charge is 2.34. The summed E-state index contributed by atoms with van der Waals surface area (Å²) in [7, 11) is 0. The minimum atomic E-state index is -0.543. The number of fused-ring (bicyclic) bond motifs is 1. The van der Waals surface area contributed by atoms with Crippen molar-refractivity contribution in [2.45, 2.75) is 39.4 Å². The van der Waals surface area contributed by atoms with Crippen LogP contribution in [0.5, 0.6) is 0 Å². The molecule has 2 saturated heterocycles. The normalized spacial score (nSPS) is 20.5. The second kappa shape index (κ2) is 10.3. The third-order valence-corrected chi connectivity index (χ3v) is 8.34. The number of H-pyrrole nitrogens is 1. The number of rotatable bonds is 5. The maximum Gasteiger partial charge on any atom is 0.295 e. The molecule has 1 N–H and O–H groups in total. The number of piperazine rings is 1. The Morgan fingerprint density at radius 3 is 2.51 bits per heavy atom. The number of aryl methyl sites for hydroxylation is 1. The molecule has 9 heteroatoms. The number of hydrogen-bond donors (Lipinski definition) is 1. The van der Waals surface area contributed by atoms with Gasteiger partial charge in [-0.2, -0.15) is 0 Å². The van der Waals surface area contributed by atoms with E-state index in [0.29, 0.717) is 48.6 Å². The summed E-state index contributed by atoms with van der Waals surface area (Å²) in [5, 5.41) is 0.658. The predicted octanol–water partition coefficient (Wildman–Crippen LogP) is 4.07. The van der Waals surface area contributed by atoms with E-state index >= 15 is 0 Å². The Morgan fingerprint density at radius 2 is 1.81 bits per heavy atom. The van der Waals surface area contributed by atoms with Crippen LogP contribution in [-0.2, 0) is 11.3 Å². The zero-order valence-corrected chi connectivity index (χ0v) is 22.1. The number of carbonyl (C=O) groups is 3. The van der Waals surface area contributed by atoms with E-state index in [1.807, 2.05) is 18.7 Å². The van der Waals surface area contributed by atoms with Gasteiger partial charge >= 0.3 is 0 Å². The second-order valence-electron chi connectivity index (χ2n) is 10.0. The number of nitrogens with one attached hydrogen (secondary N) is 1. The average molecular weight is 523 g/mol. The zero-order chi connectivity index (χ0) is 26.3. The zero-order valence-electron chi connectivity index (χ0n) is 21.3. The van der Waals surface area contributed by atoms with Crippen molar-refractivity contribution < 1.29 is 18.8 Å². The monoisotopic (exact) mass is 522 g/mol. The molecule has 0 unspecified atom stereocenters. The van der Waals surface area contributed by atoms with Crippen molar-refractivity contribution in [1.82, 2.24) is 19.7 Å². The van der Waals surface area contributed by atoms with Crippen molar-refractivity contribution in [3.8, 4) is 0 Å². The molecule has 0 saturated carbocycles. The Morgan fingerprint density at radius 1 is 1.05 bits per heavy atom. The lowest BCUT2D eigenvalue weighted by Gasteiger charge is -2.44. The van der Waals surface area contributed by atoms with Crippen molar-refractivity contribution in [3.05, 3.63) is 70.7 Å². The fourth-order valence-corrected chi connectivity index (χ4v) is 6.20. The van der Waals surface area contributed by atoms with E-state index in [2.05, 4.69) is 16.8 Å². The van der Waals surface area contributed by atoms with Gasteiger partial charge < -0.3 is 14.8 Å². The van der Waals surface area contributed by atoms with E-state index in [0.717, 1.165) is 22.5 Å². The van der Waals surface area contributed by atoms with Crippen LogP contribution in [0.1, 0.15) is 45.8 Å². The van der Waals surface area contributed by atoms with Crippen molar-refractivity contribution >= 4 is 40.3 Å². The molecule has 37 heavy (non-hydrogen) atoms. The van der Waals surface area contributed by atoms with Gasteiger partial charge in [0.2, 0.25) is 5.78 Å². The molecule has 2 aliphatic heterocycles. The summed E-state index contributed by atoms with van der Waals surface area (Å²) in [6.07, 6.45) is 0. The summed E-state index contributed by atoms with van der Waals surface area (Å²) in [4.78, 5) is 48.5. The first kappa shape index (κ1) is 25.5. The molecule has 2 aromatic carbocycles. The number of thioether (sulfide) groups is 1. The number of aromatic amines is 1. The van der Waals surface area contributed by atoms with E-state index < -0.39 is 11.7 Å². The van der Waals surface area contributed by atoms with E-state index in [9.17, 15) is 18.8 Å². The maximum atomic E-state index is 13.9.